The van der Waals surface area contributed by atoms with Crippen molar-refractivity contribution in [2.24, 2.45) is 10.7 Å². The van der Waals surface area contributed by atoms with E-state index in [9.17, 15) is 27.2 Å². The van der Waals surface area contributed by atoms with Gasteiger partial charge < -0.3 is 20.7 Å². The first kappa shape index (κ1) is 28.5. The monoisotopic (exact) mass is 566 g/mol. The molecule has 2 aliphatic rings. The fourth-order valence-electron chi connectivity index (χ4n) is 4.25. The van der Waals surface area contributed by atoms with Crippen LogP contribution in [0.2, 0.25) is 0 Å². The second kappa shape index (κ2) is 11.3. The molecule has 0 atom stereocenters. The Hall–Kier alpha value is -3.49. The molecule has 1 saturated heterocycles. The van der Waals surface area contributed by atoms with E-state index in [1.54, 1.807) is 0 Å². The van der Waals surface area contributed by atoms with Crippen LogP contribution in [-0.4, -0.2) is 77.0 Å². The molecule has 2 fully saturated rings. The van der Waals surface area contributed by atoms with Gasteiger partial charge in [-0.05, 0) is 62.0 Å². The van der Waals surface area contributed by atoms with Crippen LogP contribution in [0.4, 0.5) is 23.2 Å². The number of halogens is 4. The molecule has 1 aliphatic carbocycles. The molecular formula is C25H26F4N6O3S. The summed E-state index contributed by atoms with van der Waals surface area (Å²) in [4.78, 5) is 33.8. The fraction of sp³-hybridized carbons (Fsp3) is 0.360. The van der Waals surface area contributed by atoms with Gasteiger partial charge in [-0.25, -0.2) is 4.39 Å². The lowest BCUT2D eigenvalue weighted by Gasteiger charge is -2.37. The van der Waals surface area contributed by atoms with Crippen molar-refractivity contribution < 1.29 is 31.9 Å². The second-order valence-corrected chi connectivity index (χ2v) is 10.2. The topological polar surface area (TPSA) is 124 Å². The maximum absolute atomic E-state index is 13.9. The maximum Gasteiger partial charge on any atom is 0.573 e. The molecule has 1 aliphatic heterocycles. The smallest absolute Gasteiger partial charge is 0.404 e. The predicted molar refractivity (Wildman–Crippen MR) is 140 cm³/mol. The molecule has 2 amide bonds. The standard InChI is InChI=1S/C25H26F4N6O3S/c1-34-10-12-35(13-11-34)24(8-9-24)22(37)32-18-14-15(6-7-19(18)38-25(27,28)29)21(36)33-23(31)39-20(30)16-4-2-3-5-17(16)26/h2-7,14,30H,8-13H2,1H3,(H,32,37)(H2,31,33,36). The number of likely N-dealkylation sites (N-methyl/N-ethyl adjacent to an activating group) is 1. The van der Waals surface area contributed by atoms with E-state index >= 15 is 0 Å². The predicted octanol–water partition coefficient (Wildman–Crippen LogP) is 3.66. The van der Waals surface area contributed by atoms with Gasteiger partial charge in [-0.1, -0.05) is 12.1 Å². The maximum atomic E-state index is 13.9. The van der Waals surface area contributed by atoms with Crippen molar-refractivity contribution in [2.45, 2.75) is 24.7 Å². The Morgan fingerprint density at radius 2 is 1.79 bits per heavy atom. The zero-order valence-corrected chi connectivity index (χ0v) is 21.7. The third kappa shape index (κ3) is 6.94. The van der Waals surface area contributed by atoms with E-state index in [4.69, 9.17) is 11.1 Å². The molecule has 0 unspecified atom stereocenters. The molecule has 208 valence electrons. The number of nitrogens with zero attached hydrogens (tertiary/aromatic N) is 3. The number of benzene rings is 2. The Balaban J connectivity index is 1.53. The highest BCUT2D eigenvalue weighted by molar-refractivity contribution is 8.26. The summed E-state index contributed by atoms with van der Waals surface area (Å²) in [5.41, 5.74) is 4.38. The lowest BCUT2D eigenvalue weighted by molar-refractivity contribution is -0.274. The molecule has 39 heavy (non-hydrogen) atoms. The Morgan fingerprint density at radius 3 is 2.41 bits per heavy atom. The number of hydrogen-bond acceptors (Lipinski definition) is 7. The van der Waals surface area contributed by atoms with E-state index in [1.165, 1.54) is 24.3 Å². The van der Waals surface area contributed by atoms with Gasteiger partial charge in [-0.2, -0.15) is 4.99 Å². The number of piperazine rings is 1. The number of carbonyl (C=O) groups is 2. The van der Waals surface area contributed by atoms with Gasteiger partial charge in [0, 0.05) is 37.3 Å². The molecule has 2 aromatic carbocycles. The van der Waals surface area contributed by atoms with Gasteiger partial charge in [0.1, 0.15) is 16.4 Å². The summed E-state index contributed by atoms with van der Waals surface area (Å²) < 4.78 is 57.1. The van der Waals surface area contributed by atoms with Crippen LogP contribution in [0.15, 0.2) is 47.5 Å². The van der Waals surface area contributed by atoms with E-state index < -0.39 is 35.3 Å². The molecule has 4 rings (SSSR count). The summed E-state index contributed by atoms with van der Waals surface area (Å²) in [5, 5.41) is 9.86. The summed E-state index contributed by atoms with van der Waals surface area (Å²) in [6.45, 7) is 2.80. The van der Waals surface area contributed by atoms with Crippen molar-refractivity contribution >= 4 is 39.5 Å². The average Bonchev–Trinajstić information content (AvgIpc) is 3.67. The number of amidine groups is 1. The van der Waals surface area contributed by atoms with Crippen LogP contribution in [0, 0.1) is 11.2 Å². The number of nitrogens with one attached hydrogen (secondary N) is 2. The van der Waals surface area contributed by atoms with Crippen molar-refractivity contribution in [3.8, 4) is 5.75 Å². The third-order valence-electron chi connectivity index (χ3n) is 6.49. The SMILES string of the molecule is CN1CCN(C2(C(=O)Nc3cc(C(=O)N=C(N)SC(=N)c4ccccc4F)ccc3OC(F)(F)F)CC2)CC1. The van der Waals surface area contributed by atoms with Crippen LogP contribution in [0.25, 0.3) is 0 Å². The summed E-state index contributed by atoms with van der Waals surface area (Å²) in [5.74, 6) is -2.76. The Bertz CT molecular complexity index is 1310. The first-order chi connectivity index (χ1) is 18.4. The zero-order valence-electron chi connectivity index (χ0n) is 20.8. The number of aliphatic imine (C=N–C) groups is 1. The molecule has 4 N–H and O–H groups in total. The molecular weight excluding hydrogens is 540 g/mol. The van der Waals surface area contributed by atoms with E-state index in [1.807, 2.05) is 11.9 Å². The molecule has 0 spiro atoms. The molecule has 0 radical (unpaired) electrons. The summed E-state index contributed by atoms with van der Waals surface area (Å²) in [6, 6.07) is 8.51. The van der Waals surface area contributed by atoms with Gasteiger partial charge in [0.25, 0.3) is 5.91 Å². The third-order valence-corrected chi connectivity index (χ3v) is 7.22. The van der Waals surface area contributed by atoms with Crippen LogP contribution >= 0.6 is 11.8 Å². The first-order valence-corrected chi connectivity index (χ1v) is 12.7. The number of anilines is 1. The van der Waals surface area contributed by atoms with Crippen molar-refractivity contribution in [3.05, 3.63) is 59.4 Å². The van der Waals surface area contributed by atoms with Crippen LogP contribution < -0.4 is 15.8 Å². The van der Waals surface area contributed by atoms with Gasteiger partial charge in [-0.3, -0.25) is 19.9 Å². The molecule has 0 bridgehead atoms. The van der Waals surface area contributed by atoms with Crippen LogP contribution in [0.5, 0.6) is 5.75 Å². The van der Waals surface area contributed by atoms with E-state index in [0.29, 0.717) is 37.7 Å². The minimum Gasteiger partial charge on any atom is -0.404 e. The Labute approximate surface area is 225 Å². The second-order valence-electron chi connectivity index (χ2n) is 9.20. The Morgan fingerprint density at radius 1 is 1.13 bits per heavy atom. The molecule has 1 heterocycles. The van der Waals surface area contributed by atoms with Gasteiger partial charge in [0.2, 0.25) is 5.91 Å². The van der Waals surface area contributed by atoms with Crippen molar-refractivity contribution in [2.75, 3.05) is 38.5 Å². The highest BCUT2D eigenvalue weighted by Crippen LogP contribution is 2.44. The number of ether oxygens (including phenoxy) is 1. The highest BCUT2D eigenvalue weighted by atomic mass is 32.2. The lowest BCUT2D eigenvalue weighted by Crippen LogP contribution is -2.54. The van der Waals surface area contributed by atoms with Crippen LogP contribution in [0.3, 0.4) is 0 Å². The zero-order chi connectivity index (χ0) is 28.4. The van der Waals surface area contributed by atoms with Gasteiger partial charge >= 0.3 is 6.36 Å². The van der Waals surface area contributed by atoms with Crippen molar-refractivity contribution in [3.63, 3.8) is 0 Å². The van der Waals surface area contributed by atoms with Gasteiger partial charge in [0.05, 0.1) is 5.69 Å². The Kier molecular flexibility index (Phi) is 8.28. The largest absolute Gasteiger partial charge is 0.573 e. The molecule has 0 aromatic heterocycles. The normalized spacial score (nSPS) is 17.9. The van der Waals surface area contributed by atoms with E-state index in [2.05, 4.69) is 19.9 Å². The lowest BCUT2D eigenvalue weighted by atomic mass is 10.1. The number of alkyl halides is 3. The summed E-state index contributed by atoms with van der Waals surface area (Å²) >= 11 is 0.541. The number of rotatable bonds is 6. The fourth-order valence-corrected chi connectivity index (χ4v) is 4.86. The van der Waals surface area contributed by atoms with Gasteiger partial charge in [0.15, 0.2) is 10.9 Å². The summed E-state index contributed by atoms with van der Waals surface area (Å²) in [6.07, 6.45) is -3.92. The number of amides is 2. The number of nitrogens with two attached hydrogens (primary N) is 1. The highest BCUT2D eigenvalue weighted by Gasteiger charge is 2.55. The van der Waals surface area contributed by atoms with Crippen LogP contribution in [-0.2, 0) is 4.79 Å². The first-order valence-electron chi connectivity index (χ1n) is 11.9. The average molecular weight is 567 g/mol. The van der Waals surface area contributed by atoms with Crippen LogP contribution in [0.1, 0.15) is 28.8 Å². The molecule has 14 heteroatoms. The number of thioether (sulfide) groups is 1. The van der Waals surface area contributed by atoms with E-state index in [-0.39, 0.29) is 27.0 Å². The molecule has 9 nitrogen and oxygen atoms in total. The molecule has 2 aromatic rings. The number of carbonyl (C=O) groups excluding carboxylic acids is 2. The van der Waals surface area contributed by atoms with Crippen molar-refractivity contribution in [1.82, 2.24) is 9.80 Å². The quantitative estimate of drug-likeness (QED) is 0.277. The van der Waals surface area contributed by atoms with Gasteiger partial charge in [-0.15, -0.1) is 13.2 Å². The van der Waals surface area contributed by atoms with Crippen molar-refractivity contribution in [1.29, 1.82) is 5.41 Å². The minimum absolute atomic E-state index is 0.0406. The van der Waals surface area contributed by atoms with E-state index in [0.717, 1.165) is 31.3 Å². The molecule has 1 saturated carbocycles. The summed E-state index contributed by atoms with van der Waals surface area (Å²) in [7, 11) is 1.97. The number of hydrogen-bond donors (Lipinski definition) is 3. The minimum atomic E-state index is -5.04.